The Morgan fingerprint density at radius 1 is 1.04 bits per heavy atom. The summed E-state index contributed by atoms with van der Waals surface area (Å²) >= 11 is 0. The van der Waals surface area contributed by atoms with Gasteiger partial charge in [0.25, 0.3) is 10.0 Å². The summed E-state index contributed by atoms with van der Waals surface area (Å²) in [5, 5.41) is 4.29. The van der Waals surface area contributed by atoms with Crippen molar-refractivity contribution in [2.75, 3.05) is 4.72 Å². The Bertz CT molecular complexity index is 1100. The molecule has 6 nitrogen and oxygen atoms in total. The molecule has 0 atom stereocenters. The van der Waals surface area contributed by atoms with Gasteiger partial charge < -0.3 is 0 Å². The third kappa shape index (κ3) is 3.75. The zero-order valence-electron chi connectivity index (χ0n) is 15.0. The van der Waals surface area contributed by atoms with Crippen molar-refractivity contribution in [3.8, 4) is 5.69 Å². The van der Waals surface area contributed by atoms with Crippen molar-refractivity contribution >= 4 is 21.5 Å². The second-order valence-electron chi connectivity index (χ2n) is 6.13. The van der Waals surface area contributed by atoms with Gasteiger partial charge in [-0.2, -0.15) is 5.10 Å². The minimum Gasteiger partial charge on any atom is -0.295 e. The summed E-state index contributed by atoms with van der Waals surface area (Å²) in [5.41, 5.74) is 2.13. The van der Waals surface area contributed by atoms with Crippen LogP contribution in [0.5, 0.6) is 0 Å². The zero-order valence-corrected chi connectivity index (χ0v) is 15.8. The molecule has 27 heavy (non-hydrogen) atoms. The van der Waals surface area contributed by atoms with Gasteiger partial charge in [0.2, 0.25) is 0 Å². The Balaban J connectivity index is 1.97. The van der Waals surface area contributed by atoms with Crippen molar-refractivity contribution in [2.45, 2.75) is 25.7 Å². The number of carbonyl (C=O) groups is 1. The molecule has 1 N–H and O–H groups in total. The molecule has 0 spiro atoms. The number of halogens is 1. The number of nitrogens with one attached hydrogen (secondary N) is 1. The first kappa shape index (κ1) is 18.8. The first-order valence-electron chi connectivity index (χ1n) is 8.15. The van der Waals surface area contributed by atoms with Crippen LogP contribution >= 0.6 is 0 Å². The molecule has 1 heterocycles. The standard InChI is InChI=1S/C19H18FN3O3S/c1-12-19(13(2)23(21-12)18-10-6-16(20)7-11-18)27(25,26)22-17-8-4-15(5-9-17)14(3)24/h4-11,22H,1-3H3. The number of benzene rings is 2. The third-order valence-electron chi connectivity index (χ3n) is 4.11. The van der Waals surface area contributed by atoms with Gasteiger partial charge in [-0.25, -0.2) is 17.5 Å². The Hall–Kier alpha value is -3.00. The smallest absolute Gasteiger partial charge is 0.265 e. The maximum absolute atomic E-state index is 13.1. The van der Waals surface area contributed by atoms with E-state index in [9.17, 15) is 17.6 Å². The van der Waals surface area contributed by atoms with E-state index in [0.717, 1.165) is 0 Å². The summed E-state index contributed by atoms with van der Waals surface area (Å²) in [4.78, 5) is 11.4. The molecule has 0 fully saturated rings. The molecule has 140 valence electrons. The molecule has 8 heteroatoms. The van der Waals surface area contributed by atoms with Crippen LogP contribution in [0.3, 0.4) is 0 Å². The van der Waals surface area contributed by atoms with Gasteiger partial charge in [-0.1, -0.05) is 0 Å². The van der Waals surface area contributed by atoms with Crippen molar-refractivity contribution in [3.63, 3.8) is 0 Å². The highest BCUT2D eigenvalue weighted by atomic mass is 32.2. The maximum Gasteiger partial charge on any atom is 0.265 e. The number of aryl methyl sites for hydroxylation is 1. The molecule has 0 amide bonds. The van der Waals surface area contributed by atoms with Crippen molar-refractivity contribution < 1.29 is 17.6 Å². The van der Waals surface area contributed by atoms with Gasteiger partial charge >= 0.3 is 0 Å². The first-order chi connectivity index (χ1) is 12.7. The number of carbonyl (C=O) groups excluding carboxylic acids is 1. The lowest BCUT2D eigenvalue weighted by Gasteiger charge is -2.09. The highest BCUT2D eigenvalue weighted by Gasteiger charge is 2.25. The Labute approximate surface area is 156 Å². The highest BCUT2D eigenvalue weighted by molar-refractivity contribution is 7.92. The molecule has 0 unspecified atom stereocenters. The molecule has 2 aromatic carbocycles. The monoisotopic (exact) mass is 387 g/mol. The number of nitrogens with zero attached hydrogens (tertiary/aromatic N) is 2. The van der Waals surface area contributed by atoms with E-state index in [1.807, 2.05) is 0 Å². The fourth-order valence-electron chi connectivity index (χ4n) is 2.83. The van der Waals surface area contributed by atoms with Crippen LogP contribution in [-0.2, 0) is 10.0 Å². The molecular formula is C19H18FN3O3S. The number of anilines is 1. The molecule has 0 aliphatic rings. The van der Waals surface area contributed by atoms with Gasteiger partial charge in [0.1, 0.15) is 10.7 Å². The number of ketones is 1. The summed E-state index contributed by atoms with van der Waals surface area (Å²) in [6, 6.07) is 11.8. The van der Waals surface area contributed by atoms with Crippen LogP contribution in [0.1, 0.15) is 28.7 Å². The van der Waals surface area contributed by atoms with Crippen LogP contribution < -0.4 is 4.72 Å². The van der Waals surface area contributed by atoms with Gasteiger partial charge in [0.05, 0.1) is 17.1 Å². The summed E-state index contributed by atoms with van der Waals surface area (Å²) in [6.07, 6.45) is 0. The summed E-state index contributed by atoms with van der Waals surface area (Å²) in [7, 11) is -3.90. The number of rotatable bonds is 5. The molecule has 3 rings (SSSR count). The molecular weight excluding hydrogens is 369 g/mol. The van der Waals surface area contributed by atoms with Crippen molar-refractivity contribution in [1.29, 1.82) is 0 Å². The van der Waals surface area contributed by atoms with Crippen LogP contribution in [0.15, 0.2) is 53.4 Å². The van der Waals surface area contributed by atoms with Gasteiger partial charge in [-0.15, -0.1) is 0 Å². The highest BCUT2D eigenvalue weighted by Crippen LogP contribution is 2.25. The van der Waals surface area contributed by atoms with Gasteiger partial charge in [-0.3, -0.25) is 9.52 Å². The van der Waals surface area contributed by atoms with Crippen molar-refractivity contribution in [2.24, 2.45) is 0 Å². The average Bonchev–Trinajstić information content (AvgIpc) is 2.91. The van der Waals surface area contributed by atoms with Crippen molar-refractivity contribution in [3.05, 3.63) is 71.3 Å². The van der Waals surface area contributed by atoms with E-state index in [0.29, 0.717) is 28.3 Å². The van der Waals surface area contributed by atoms with Gasteiger partial charge in [0.15, 0.2) is 5.78 Å². The number of hydrogen-bond acceptors (Lipinski definition) is 4. The second kappa shape index (κ2) is 6.96. The van der Waals surface area contributed by atoms with E-state index in [1.165, 1.54) is 48.0 Å². The Morgan fingerprint density at radius 2 is 1.63 bits per heavy atom. The zero-order chi connectivity index (χ0) is 19.8. The van der Waals surface area contributed by atoms with E-state index in [1.54, 1.807) is 26.0 Å². The van der Waals surface area contributed by atoms with E-state index in [-0.39, 0.29) is 16.5 Å². The van der Waals surface area contributed by atoms with Crippen molar-refractivity contribution in [1.82, 2.24) is 9.78 Å². The van der Waals surface area contributed by atoms with E-state index >= 15 is 0 Å². The van der Waals surface area contributed by atoms with Crippen LogP contribution in [0.4, 0.5) is 10.1 Å². The number of Topliss-reactive ketones (excluding diaryl/α,β-unsaturated/α-hetero) is 1. The Kier molecular flexibility index (Phi) is 4.84. The van der Waals surface area contributed by atoms with E-state index in [2.05, 4.69) is 9.82 Å². The molecule has 0 aliphatic heterocycles. The predicted octanol–water partition coefficient (Wildman–Crippen LogP) is 3.63. The quantitative estimate of drug-likeness (QED) is 0.678. The van der Waals surface area contributed by atoms with Crippen LogP contribution in [0.25, 0.3) is 5.69 Å². The average molecular weight is 387 g/mol. The largest absolute Gasteiger partial charge is 0.295 e. The molecule has 0 radical (unpaired) electrons. The van der Waals surface area contributed by atoms with Crippen LogP contribution in [0, 0.1) is 19.7 Å². The minimum absolute atomic E-state index is 0.0578. The maximum atomic E-state index is 13.1. The molecule has 0 saturated carbocycles. The first-order valence-corrected chi connectivity index (χ1v) is 9.63. The molecule has 0 bridgehead atoms. The van der Waals surface area contributed by atoms with Crippen LogP contribution in [0.2, 0.25) is 0 Å². The lowest BCUT2D eigenvalue weighted by Crippen LogP contribution is -2.15. The lowest BCUT2D eigenvalue weighted by molar-refractivity contribution is 0.101. The summed E-state index contributed by atoms with van der Waals surface area (Å²) in [5.74, 6) is -0.486. The summed E-state index contributed by atoms with van der Waals surface area (Å²) < 4.78 is 42.8. The molecule has 0 saturated heterocycles. The second-order valence-corrected chi connectivity index (χ2v) is 7.75. The number of hydrogen-bond donors (Lipinski definition) is 1. The number of aromatic nitrogens is 2. The normalized spacial score (nSPS) is 11.4. The fourth-order valence-corrected chi connectivity index (χ4v) is 4.28. The number of sulfonamides is 1. The molecule has 3 aromatic rings. The lowest BCUT2D eigenvalue weighted by atomic mass is 10.1. The van der Waals surface area contributed by atoms with E-state index in [4.69, 9.17) is 0 Å². The molecule has 0 aliphatic carbocycles. The minimum atomic E-state index is -3.90. The Morgan fingerprint density at radius 3 is 2.19 bits per heavy atom. The third-order valence-corrected chi connectivity index (χ3v) is 5.74. The van der Waals surface area contributed by atoms with Crippen LogP contribution in [-0.4, -0.2) is 24.0 Å². The molecule has 1 aromatic heterocycles. The SMILES string of the molecule is CC(=O)c1ccc(NS(=O)(=O)c2c(C)nn(-c3ccc(F)cc3)c2C)cc1. The summed E-state index contributed by atoms with van der Waals surface area (Å²) in [6.45, 7) is 4.67. The topological polar surface area (TPSA) is 81.1 Å². The van der Waals surface area contributed by atoms with Gasteiger partial charge in [0, 0.05) is 11.3 Å². The predicted molar refractivity (Wildman–Crippen MR) is 100 cm³/mol. The fraction of sp³-hybridized carbons (Fsp3) is 0.158. The van der Waals surface area contributed by atoms with E-state index < -0.39 is 10.0 Å². The van der Waals surface area contributed by atoms with Gasteiger partial charge in [-0.05, 0) is 69.3 Å².